The van der Waals surface area contributed by atoms with Gasteiger partial charge < -0.3 is 15.0 Å². The Kier molecular flexibility index (Phi) is 4.99. The number of halogens is 4. The van der Waals surface area contributed by atoms with Gasteiger partial charge in [0.25, 0.3) is 0 Å². The topological polar surface area (TPSA) is 84.2 Å². The number of hydrogen-bond acceptors (Lipinski definition) is 3. The van der Waals surface area contributed by atoms with Crippen LogP contribution in [0, 0.1) is 10.8 Å². The van der Waals surface area contributed by atoms with E-state index in [1.165, 1.54) is 12.1 Å². The molecule has 0 unspecified atom stereocenters. The SMILES string of the molecule is N=C(NC(=N)N1CC=CC1)Nc1ccc(OC(F)(F)F)c(Cl)c1. The third-order valence-electron chi connectivity index (χ3n) is 2.80. The number of nitrogens with one attached hydrogen (secondary N) is 4. The highest BCUT2D eigenvalue weighted by Gasteiger charge is 2.32. The molecule has 1 aliphatic rings. The lowest BCUT2D eigenvalue weighted by atomic mass is 10.3. The van der Waals surface area contributed by atoms with Gasteiger partial charge in [0.2, 0.25) is 0 Å². The molecule has 0 bridgehead atoms. The maximum Gasteiger partial charge on any atom is 0.573 e. The maximum absolute atomic E-state index is 12.1. The Morgan fingerprint density at radius 2 is 1.87 bits per heavy atom. The zero-order chi connectivity index (χ0) is 17.0. The summed E-state index contributed by atoms with van der Waals surface area (Å²) in [5.41, 5.74) is 0.286. The van der Waals surface area contributed by atoms with Gasteiger partial charge in [0.15, 0.2) is 11.9 Å². The second kappa shape index (κ2) is 6.78. The fraction of sp³-hybridized carbons (Fsp3) is 0.231. The minimum Gasteiger partial charge on any atom is -0.404 e. The maximum atomic E-state index is 12.1. The van der Waals surface area contributed by atoms with Crippen molar-refractivity contribution in [3.05, 3.63) is 35.4 Å². The number of guanidine groups is 2. The number of anilines is 1. The Morgan fingerprint density at radius 3 is 2.43 bits per heavy atom. The minimum absolute atomic E-state index is 0.0376. The van der Waals surface area contributed by atoms with E-state index < -0.39 is 12.1 Å². The molecule has 1 aromatic rings. The highest BCUT2D eigenvalue weighted by Crippen LogP contribution is 2.32. The summed E-state index contributed by atoms with van der Waals surface area (Å²) in [5.74, 6) is -0.696. The summed E-state index contributed by atoms with van der Waals surface area (Å²) in [4.78, 5) is 1.68. The van der Waals surface area contributed by atoms with Crippen molar-refractivity contribution in [3.63, 3.8) is 0 Å². The second-order valence-electron chi connectivity index (χ2n) is 4.54. The smallest absolute Gasteiger partial charge is 0.404 e. The van der Waals surface area contributed by atoms with Gasteiger partial charge in [-0.2, -0.15) is 0 Å². The summed E-state index contributed by atoms with van der Waals surface area (Å²) in [7, 11) is 0. The van der Waals surface area contributed by atoms with Crippen molar-refractivity contribution in [2.75, 3.05) is 18.4 Å². The zero-order valence-corrected chi connectivity index (χ0v) is 12.4. The molecule has 0 aromatic heterocycles. The van der Waals surface area contributed by atoms with E-state index in [0.717, 1.165) is 6.07 Å². The minimum atomic E-state index is -4.83. The van der Waals surface area contributed by atoms with Crippen LogP contribution in [0.3, 0.4) is 0 Å². The molecular weight excluding hydrogens is 335 g/mol. The molecule has 0 fully saturated rings. The average molecular weight is 348 g/mol. The van der Waals surface area contributed by atoms with Crippen LogP contribution < -0.4 is 15.4 Å². The van der Waals surface area contributed by atoms with Crippen LogP contribution >= 0.6 is 11.6 Å². The van der Waals surface area contributed by atoms with Crippen LogP contribution in [-0.2, 0) is 0 Å². The van der Waals surface area contributed by atoms with Crippen LogP contribution in [0.1, 0.15) is 0 Å². The van der Waals surface area contributed by atoms with E-state index in [2.05, 4.69) is 15.4 Å². The molecule has 0 aliphatic carbocycles. The van der Waals surface area contributed by atoms with E-state index >= 15 is 0 Å². The van der Waals surface area contributed by atoms with Crippen LogP contribution in [0.25, 0.3) is 0 Å². The molecule has 2 rings (SSSR count). The zero-order valence-electron chi connectivity index (χ0n) is 11.7. The van der Waals surface area contributed by atoms with Gasteiger partial charge in [0.05, 0.1) is 5.02 Å². The number of alkyl halides is 3. The van der Waals surface area contributed by atoms with E-state index in [9.17, 15) is 13.2 Å². The fourth-order valence-corrected chi connectivity index (χ4v) is 2.04. The standard InChI is InChI=1S/C13H13ClF3N5O/c14-9-7-8(3-4-10(9)23-13(15,16)17)20-11(18)21-12(19)22-5-1-2-6-22/h1-4,7H,5-6H2,(H4,18,19,20,21). The molecule has 0 saturated carbocycles. The molecule has 124 valence electrons. The lowest BCUT2D eigenvalue weighted by Gasteiger charge is -2.20. The normalized spacial score (nSPS) is 13.8. The van der Waals surface area contributed by atoms with E-state index in [-0.39, 0.29) is 22.6 Å². The van der Waals surface area contributed by atoms with Gasteiger partial charge in [-0.15, -0.1) is 13.2 Å². The van der Waals surface area contributed by atoms with Crippen molar-refractivity contribution in [3.8, 4) is 5.75 Å². The van der Waals surface area contributed by atoms with Crippen molar-refractivity contribution in [1.82, 2.24) is 10.2 Å². The summed E-state index contributed by atoms with van der Waals surface area (Å²) in [6.07, 6.45) is -1.04. The highest BCUT2D eigenvalue weighted by atomic mass is 35.5. The van der Waals surface area contributed by atoms with Crippen LogP contribution in [0.2, 0.25) is 5.02 Å². The summed E-state index contributed by atoms with van der Waals surface area (Å²) in [5, 5.41) is 20.4. The molecule has 1 aliphatic heterocycles. The highest BCUT2D eigenvalue weighted by molar-refractivity contribution is 6.32. The molecule has 6 nitrogen and oxygen atoms in total. The molecule has 0 saturated heterocycles. The molecule has 0 spiro atoms. The molecule has 0 amide bonds. The van der Waals surface area contributed by atoms with E-state index in [0.29, 0.717) is 13.1 Å². The number of hydrogen-bond donors (Lipinski definition) is 4. The number of benzene rings is 1. The predicted molar refractivity (Wildman–Crippen MR) is 81.1 cm³/mol. The van der Waals surface area contributed by atoms with Crippen molar-refractivity contribution in [2.24, 2.45) is 0 Å². The molecule has 0 radical (unpaired) electrons. The average Bonchev–Trinajstić information content (AvgIpc) is 2.94. The van der Waals surface area contributed by atoms with E-state index in [4.69, 9.17) is 22.4 Å². The number of rotatable bonds is 2. The molecule has 10 heteroatoms. The summed E-state index contributed by atoms with van der Waals surface area (Å²) >= 11 is 5.71. The molecule has 4 N–H and O–H groups in total. The van der Waals surface area contributed by atoms with Crippen LogP contribution in [0.4, 0.5) is 18.9 Å². The Bertz CT molecular complexity index is 639. The first-order chi connectivity index (χ1) is 10.7. The van der Waals surface area contributed by atoms with Gasteiger partial charge in [-0.3, -0.25) is 16.1 Å². The number of ether oxygens (including phenoxy) is 1. The van der Waals surface area contributed by atoms with Gasteiger partial charge in [-0.1, -0.05) is 23.8 Å². The first-order valence-electron chi connectivity index (χ1n) is 6.41. The lowest BCUT2D eigenvalue weighted by Crippen LogP contribution is -2.44. The number of nitrogens with zero attached hydrogens (tertiary/aromatic N) is 1. The Hall–Kier alpha value is -2.42. The van der Waals surface area contributed by atoms with Crippen molar-refractivity contribution in [2.45, 2.75) is 6.36 Å². The third-order valence-corrected chi connectivity index (χ3v) is 3.10. The second-order valence-corrected chi connectivity index (χ2v) is 4.95. The van der Waals surface area contributed by atoms with Crippen molar-refractivity contribution >= 4 is 29.2 Å². The van der Waals surface area contributed by atoms with Gasteiger partial charge in [0, 0.05) is 18.8 Å². The quantitative estimate of drug-likeness (QED) is 0.376. The lowest BCUT2D eigenvalue weighted by molar-refractivity contribution is -0.274. The monoisotopic (exact) mass is 347 g/mol. The summed E-state index contributed by atoms with van der Waals surface area (Å²) < 4.78 is 40.2. The van der Waals surface area contributed by atoms with Gasteiger partial charge in [-0.25, -0.2) is 0 Å². The molecule has 1 heterocycles. The Balaban J connectivity index is 1.93. The first kappa shape index (κ1) is 16.9. The Morgan fingerprint density at radius 1 is 1.22 bits per heavy atom. The molecule has 23 heavy (non-hydrogen) atoms. The molecular formula is C13H13ClF3N5O. The summed E-state index contributed by atoms with van der Waals surface area (Å²) in [6.45, 7) is 1.16. The van der Waals surface area contributed by atoms with Crippen LogP contribution in [0.5, 0.6) is 5.75 Å². The molecule has 1 aromatic carbocycles. The fourth-order valence-electron chi connectivity index (χ4n) is 1.82. The van der Waals surface area contributed by atoms with Gasteiger partial charge >= 0.3 is 6.36 Å². The third kappa shape index (κ3) is 5.06. The van der Waals surface area contributed by atoms with E-state index in [1.54, 1.807) is 4.90 Å². The van der Waals surface area contributed by atoms with Gasteiger partial charge in [0.1, 0.15) is 5.75 Å². The Labute approximate surface area is 134 Å². The first-order valence-corrected chi connectivity index (χ1v) is 6.79. The molecule has 0 atom stereocenters. The van der Waals surface area contributed by atoms with Crippen LogP contribution in [-0.4, -0.2) is 36.3 Å². The van der Waals surface area contributed by atoms with Crippen molar-refractivity contribution in [1.29, 1.82) is 10.8 Å². The van der Waals surface area contributed by atoms with E-state index in [1.807, 2.05) is 12.2 Å². The largest absolute Gasteiger partial charge is 0.573 e. The van der Waals surface area contributed by atoms with Crippen molar-refractivity contribution < 1.29 is 17.9 Å². The van der Waals surface area contributed by atoms with Gasteiger partial charge in [-0.05, 0) is 18.2 Å². The summed E-state index contributed by atoms with van der Waals surface area (Å²) in [6, 6.07) is 3.52. The predicted octanol–water partition coefficient (Wildman–Crippen LogP) is 2.98. The van der Waals surface area contributed by atoms with Crippen LogP contribution in [0.15, 0.2) is 30.4 Å².